The zero-order valence-corrected chi connectivity index (χ0v) is 10.0. The van der Waals surface area contributed by atoms with Crippen LogP contribution in [0.15, 0.2) is 24.3 Å². The molecule has 0 aliphatic rings. The van der Waals surface area contributed by atoms with E-state index >= 15 is 0 Å². The summed E-state index contributed by atoms with van der Waals surface area (Å²) >= 11 is 0. The fourth-order valence-electron chi connectivity index (χ4n) is 1.39. The molecule has 5 heteroatoms. The van der Waals surface area contributed by atoms with E-state index in [0.29, 0.717) is 5.56 Å². The van der Waals surface area contributed by atoms with Crippen molar-refractivity contribution in [3.63, 3.8) is 0 Å². The molecule has 1 rings (SSSR count). The smallest absolute Gasteiger partial charge is 0.155 e. The maximum atomic E-state index is 12.7. The largest absolute Gasteiger partial charge is 0.387 e. The second-order valence-corrected chi connectivity index (χ2v) is 6.30. The van der Waals surface area contributed by atoms with Gasteiger partial charge in [-0.1, -0.05) is 19.1 Å². The van der Waals surface area contributed by atoms with E-state index < -0.39 is 27.0 Å². The third-order valence-corrected chi connectivity index (χ3v) is 4.82. The minimum atomic E-state index is -3.30. The van der Waals surface area contributed by atoms with Gasteiger partial charge in [0.25, 0.3) is 0 Å². The molecule has 0 aromatic heterocycles. The van der Waals surface area contributed by atoms with Crippen molar-refractivity contribution in [3.8, 4) is 0 Å². The van der Waals surface area contributed by atoms with E-state index in [-0.39, 0.29) is 5.75 Å². The topological polar surface area (TPSA) is 54.4 Å². The first-order valence-corrected chi connectivity index (χ1v) is 6.75. The summed E-state index contributed by atoms with van der Waals surface area (Å²) in [4.78, 5) is 0. The Bertz CT molecular complexity index is 439. The minimum absolute atomic E-state index is 0.0214. The third-order valence-electron chi connectivity index (χ3n) is 2.62. The van der Waals surface area contributed by atoms with Gasteiger partial charge in [-0.2, -0.15) is 0 Å². The number of rotatable bonds is 4. The first kappa shape index (κ1) is 13.1. The van der Waals surface area contributed by atoms with Crippen molar-refractivity contribution in [2.24, 2.45) is 0 Å². The monoisotopic (exact) mass is 246 g/mol. The molecule has 1 N–H and O–H groups in total. The summed E-state index contributed by atoms with van der Waals surface area (Å²) < 4.78 is 35.7. The molecule has 0 bridgehead atoms. The SMILES string of the molecule is CCS(=O)(=O)[C@@H](C)[C@@H](O)c1ccc(F)cc1. The van der Waals surface area contributed by atoms with Crippen molar-refractivity contribution in [2.45, 2.75) is 25.2 Å². The second-order valence-electron chi connectivity index (χ2n) is 3.65. The van der Waals surface area contributed by atoms with Crippen LogP contribution in [-0.2, 0) is 9.84 Å². The summed E-state index contributed by atoms with van der Waals surface area (Å²) in [5.74, 6) is -0.436. The molecule has 0 amide bonds. The first-order valence-electron chi connectivity index (χ1n) is 5.03. The lowest BCUT2D eigenvalue weighted by Gasteiger charge is -2.18. The van der Waals surface area contributed by atoms with Crippen LogP contribution < -0.4 is 0 Å². The molecule has 3 nitrogen and oxygen atoms in total. The highest BCUT2D eigenvalue weighted by Gasteiger charge is 2.27. The molecule has 0 saturated heterocycles. The highest BCUT2D eigenvalue weighted by molar-refractivity contribution is 7.92. The maximum Gasteiger partial charge on any atom is 0.155 e. The van der Waals surface area contributed by atoms with Gasteiger partial charge < -0.3 is 5.11 Å². The number of aliphatic hydroxyl groups excluding tert-OH is 1. The highest BCUT2D eigenvalue weighted by atomic mass is 32.2. The Hall–Kier alpha value is -0.940. The standard InChI is InChI=1S/C11H15FO3S/c1-3-16(14,15)8(2)11(13)9-4-6-10(12)7-5-9/h4-8,11,13H,3H2,1-2H3/t8-,11+/m0/s1. The Morgan fingerprint density at radius 2 is 1.81 bits per heavy atom. The molecule has 0 heterocycles. The maximum absolute atomic E-state index is 12.7. The number of benzene rings is 1. The molecule has 0 aliphatic heterocycles. The normalized spacial score (nSPS) is 15.8. The van der Waals surface area contributed by atoms with Gasteiger partial charge in [-0.25, -0.2) is 12.8 Å². The summed E-state index contributed by atoms with van der Waals surface area (Å²) in [7, 11) is -3.30. The number of hydrogen-bond donors (Lipinski definition) is 1. The Labute approximate surface area is 94.8 Å². The van der Waals surface area contributed by atoms with Gasteiger partial charge in [-0.3, -0.25) is 0 Å². The number of aliphatic hydroxyl groups is 1. The molecule has 0 fully saturated rings. The van der Waals surface area contributed by atoms with E-state index in [1.165, 1.54) is 38.1 Å². The summed E-state index contributed by atoms with van der Waals surface area (Å²) in [5.41, 5.74) is 0.408. The Morgan fingerprint density at radius 3 is 2.25 bits per heavy atom. The van der Waals surface area contributed by atoms with Crippen LogP contribution in [0.25, 0.3) is 0 Å². The first-order chi connectivity index (χ1) is 7.38. The van der Waals surface area contributed by atoms with Crippen LogP contribution in [-0.4, -0.2) is 24.5 Å². The average Bonchev–Trinajstić information content (AvgIpc) is 2.28. The molecule has 2 atom stereocenters. The summed E-state index contributed by atoms with van der Waals surface area (Å²) in [5, 5.41) is 8.96. The fourth-order valence-corrected chi connectivity index (χ4v) is 2.47. The quantitative estimate of drug-likeness (QED) is 0.879. The minimum Gasteiger partial charge on any atom is -0.387 e. The molecule has 1 aromatic carbocycles. The zero-order chi connectivity index (χ0) is 12.3. The lowest BCUT2D eigenvalue weighted by Crippen LogP contribution is -2.26. The van der Waals surface area contributed by atoms with E-state index in [1.54, 1.807) is 0 Å². The summed E-state index contributed by atoms with van der Waals surface area (Å²) in [6, 6.07) is 5.18. The number of sulfone groups is 1. The van der Waals surface area contributed by atoms with Crippen LogP contribution in [0.2, 0.25) is 0 Å². The van der Waals surface area contributed by atoms with Crippen LogP contribution in [0.4, 0.5) is 4.39 Å². The van der Waals surface area contributed by atoms with Gasteiger partial charge in [0.2, 0.25) is 0 Å². The molecule has 0 saturated carbocycles. The van der Waals surface area contributed by atoms with E-state index in [1.807, 2.05) is 0 Å². The summed E-state index contributed by atoms with van der Waals surface area (Å²) in [6.45, 7) is 2.98. The lowest BCUT2D eigenvalue weighted by molar-refractivity contribution is 0.176. The molecule has 90 valence electrons. The van der Waals surface area contributed by atoms with Gasteiger partial charge in [0.1, 0.15) is 5.82 Å². The van der Waals surface area contributed by atoms with Crippen LogP contribution in [0.5, 0.6) is 0 Å². The number of halogens is 1. The van der Waals surface area contributed by atoms with Crippen LogP contribution in [0.1, 0.15) is 25.5 Å². The Morgan fingerprint density at radius 1 is 1.31 bits per heavy atom. The number of hydrogen-bond acceptors (Lipinski definition) is 3. The fraction of sp³-hybridized carbons (Fsp3) is 0.455. The van der Waals surface area contributed by atoms with Gasteiger partial charge in [-0.05, 0) is 24.6 Å². The van der Waals surface area contributed by atoms with Crippen molar-refractivity contribution in [1.82, 2.24) is 0 Å². The van der Waals surface area contributed by atoms with E-state index in [0.717, 1.165) is 0 Å². The Balaban J connectivity index is 2.94. The third kappa shape index (κ3) is 2.80. The van der Waals surface area contributed by atoms with E-state index in [4.69, 9.17) is 0 Å². The molecular weight excluding hydrogens is 231 g/mol. The van der Waals surface area contributed by atoms with Gasteiger partial charge in [0, 0.05) is 5.75 Å². The highest BCUT2D eigenvalue weighted by Crippen LogP contribution is 2.22. The predicted octanol–water partition coefficient (Wildman–Crippen LogP) is 1.68. The molecule has 1 aromatic rings. The average molecular weight is 246 g/mol. The van der Waals surface area contributed by atoms with Crippen molar-refractivity contribution >= 4 is 9.84 Å². The van der Waals surface area contributed by atoms with Crippen molar-refractivity contribution < 1.29 is 17.9 Å². The van der Waals surface area contributed by atoms with Gasteiger partial charge in [0.05, 0.1) is 11.4 Å². The predicted molar refractivity (Wildman–Crippen MR) is 60.3 cm³/mol. The van der Waals surface area contributed by atoms with E-state index in [2.05, 4.69) is 0 Å². The zero-order valence-electron chi connectivity index (χ0n) is 9.22. The van der Waals surface area contributed by atoms with Gasteiger partial charge in [0.15, 0.2) is 9.84 Å². The molecule has 16 heavy (non-hydrogen) atoms. The molecular formula is C11H15FO3S. The van der Waals surface area contributed by atoms with Gasteiger partial charge >= 0.3 is 0 Å². The van der Waals surface area contributed by atoms with Crippen molar-refractivity contribution in [3.05, 3.63) is 35.6 Å². The lowest BCUT2D eigenvalue weighted by atomic mass is 10.1. The van der Waals surface area contributed by atoms with E-state index in [9.17, 15) is 17.9 Å². The summed E-state index contributed by atoms with van der Waals surface area (Å²) in [6.07, 6.45) is -1.12. The Kier molecular flexibility index (Phi) is 4.04. The van der Waals surface area contributed by atoms with Gasteiger partial charge in [-0.15, -0.1) is 0 Å². The van der Waals surface area contributed by atoms with Crippen molar-refractivity contribution in [2.75, 3.05) is 5.75 Å². The molecule has 0 spiro atoms. The molecule has 0 unspecified atom stereocenters. The molecule has 0 radical (unpaired) electrons. The van der Waals surface area contributed by atoms with Crippen LogP contribution in [0, 0.1) is 5.82 Å². The molecule has 0 aliphatic carbocycles. The van der Waals surface area contributed by atoms with Crippen LogP contribution >= 0.6 is 0 Å². The second kappa shape index (κ2) is 4.93. The van der Waals surface area contributed by atoms with Crippen molar-refractivity contribution in [1.29, 1.82) is 0 Å². The van der Waals surface area contributed by atoms with Crippen LogP contribution in [0.3, 0.4) is 0 Å².